The van der Waals surface area contributed by atoms with Crippen LogP contribution in [0.15, 0.2) is 41.9 Å². The summed E-state index contributed by atoms with van der Waals surface area (Å²) in [6.07, 6.45) is 0. The normalized spacial score (nSPS) is 11.0. The Morgan fingerprint density at radius 2 is 1.90 bits per heavy atom. The van der Waals surface area contributed by atoms with E-state index in [9.17, 15) is 4.79 Å². The van der Waals surface area contributed by atoms with Gasteiger partial charge in [0.05, 0.1) is 33.1 Å². The molecule has 0 bridgehead atoms. The highest BCUT2D eigenvalue weighted by atomic mass is 35.5. The van der Waals surface area contributed by atoms with Crippen LogP contribution in [0.2, 0.25) is 0 Å². The Morgan fingerprint density at radius 3 is 2.66 bits per heavy atom. The Balaban J connectivity index is 0.00000240. The Labute approximate surface area is 183 Å². The van der Waals surface area contributed by atoms with Crippen LogP contribution in [0.3, 0.4) is 0 Å². The van der Waals surface area contributed by atoms with Gasteiger partial charge >= 0.3 is 0 Å². The van der Waals surface area contributed by atoms with E-state index < -0.39 is 0 Å². The predicted molar refractivity (Wildman–Crippen MR) is 123 cm³/mol. The van der Waals surface area contributed by atoms with E-state index in [4.69, 9.17) is 9.72 Å². The van der Waals surface area contributed by atoms with Gasteiger partial charge in [-0.25, -0.2) is 9.97 Å². The van der Waals surface area contributed by atoms with Crippen molar-refractivity contribution in [1.29, 1.82) is 0 Å². The minimum absolute atomic E-state index is 0. The molecule has 0 radical (unpaired) electrons. The molecule has 0 saturated carbocycles. The molecule has 0 spiro atoms. The minimum atomic E-state index is -0.0526. The highest BCUT2D eigenvalue weighted by molar-refractivity contribution is 7.22. The number of benzene rings is 2. The molecule has 4 rings (SSSR count). The summed E-state index contributed by atoms with van der Waals surface area (Å²) in [5.41, 5.74) is 4.18. The highest BCUT2D eigenvalue weighted by Crippen LogP contribution is 2.32. The molecule has 1 amide bonds. The lowest BCUT2D eigenvalue weighted by Gasteiger charge is -2.22. The van der Waals surface area contributed by atoms with Crippen LogP contribution in [-0.2, 0) is 0 Å². The van der Waals surface area contributed by atoms with Crippen LogP contribution in [0.4, 0.5) is 5.13 Å². The number of carbonyl (C=O) groups is 1. The zero-order valence-corrected chi connectivity index (χ0v) is 18.7. The van der Waals surface area contributed by atoms with E-state index in [1.807, 2.05) is 50.5 Å². The molecule has 2 heterocycles. The monoisotopic (exact) mass is 448 g/mol. The fourth-order valence-electron chi connectivity index (χ4n) is 2.87. The van der Waals surface area contributed by atoms with Crippen molar-refractivity contribution in [3.8, 4) is 5.75 Å². The molecule has 0 saturated heterocycles. The number of nitrogens with zero attached hydrogens (tertiary/aromatic N) is 4. The average molecular weight is 449 g/mol. The van der Waals surface area contributed by atoms with E-state index in [0.29, 0.717) is 17.2 Å². The number of amides is 1. The third-order valence-electron chi connectivity index (χ3n) is 4.41. The first-order valence-corrected chi connectivity index (χ1v) is 10.5. The molecule has 0 N–H and O–H groups in total. The number of methoxy groups -OCH3 is 1. The van der Waals surface area contributed by atoms with Gasteiger partial charge in [-0.1, -0.05) is 11.3 Å². The number of hydrogen-bond acceptors (Lipinski definition) is 7. The van der Waals surface area contributed by atoms with Gasteiger partial charge in [-0.15, -0.1) is 23.7 Å². The van der Waals surface area contributed by atoms with Crippen LogP contribution in [0.5, 0.6) is 5.75 Å². The number of carbonyl (C=O) groups excluding carboxylic acids is 1. The van der Waals surface area contributed by atoms with Crippen molar-refractivity contribution in [3.05, 3.63) is 47.5 Å². The number of aromatic nitrogens is 2. The smallest absolute Gasteiger partial charge is 0.260 e. The molecule has 9 heteroatoms. The third kappa shape index (κ3) is 4.51. The van der Waals surface area contributed by atoms with Gasteiger partial charge in [0.25, 0.3) is 5.91 Å². The van der Waals surface area contributed by atoms with Gasteiger partial charge in [-0.05, 0) is 44.4 Å². The predicted octanol–water partition coefficient (Wildman–Crippen LogP) is 4.54. The summed E-state index contributed by atoms with van der Waals surface area (Å²) in [6, 6.07) is 11.4. The van der Waals surface area contributed by atoms with Crippen molar-refractivity contribution in [2.75, 3.05) is 39.2 Å². The van der Waals surface area contributed by atoms with E-state index in [-0.39, 0.29) is 18.3 Å². The maximum absolute atomic E-state index is 13.4. The Kier molecular flexibility index (Phi) is 6.69. The first-order valence-electron chi connectivity index (χ1n) is 8.79. The Morgan fingerprint density at radius 1 is 1.07 bits per heavy atom. The van der Waals surface area contributed by atoms with Crippen molar-refractivity contribution in [2.24, 2.45) is 0 Å². The highest BCUT2D eigenvalue weighted by Gasteiger charge is 2.22. The average Bonchev–Trinajstić information content (AvgIpc) is 3.32. The molecule has 4 aromatic rings. The number of fused-ring (bicyclic) bond motifs is 2. The van der Waals surface area contributed by atoms with E-state index in [1.54, 1.807) is 17.5 Å². The number of likely N-dealkylation sites (N-methyl/N-ethyl adjacent to an activating group) is 1. The van der Waals surface area contributed by atoms with Crippen molar-refractivity contribution in [1.82, 2.24) is 14.9 Å². The maximum Gasteiger partial charge on any atom is 0.260 e. The lowest BCUT2D eigenvalue weighted by molar-refractivity contribution is 0.0985. The fraction of sp³-hybridized carbons (Fsp3) is 0.250. The maximum atomic E-state index is 13.4. The van der Waals surface area contributed by atoms with E-state index >= 15 is 0 Å². The van der Waals surface area contributed by atoms with Crippen molar-refractivity contribution in [2.45, 2.75) is 0 Å². The van der Waals surface area contributed by atoms with Crippen LogP contribution in [0.25, 0.3) is 20.4 Å². The van der Waals surface area contributed by atoms with Crippen LogP contribution in [0, 0.1) is 0 Å². The second kappa shape index (κ2) is 9.04. The summed E-state index contributed by atoms with van der Waals surface area (Å²) in [6.45, 7) is 1.30. The van der Waals surface area contributed by atoms with Gasteiger partial charge in [-0.2, -0.15) is 0 Å². The molecule has 152 valence electrons. The molecular weight excluding hydrogens is 428 g/mol. The number of hydrogen-bond donors (Lipinski definition) is 0. The van der Waals surface area contributed by atoms with E-state index in [1.165, 1.54) is 22.7 Å². The van der Waals surface area contributed by atoms with Crippen LogP contribution < -0.4 is 9.64 Å². The molecule has 0 atom stereocenters. The molecule has 0 unspecified atom stereocenters. The van der Waals surface area contributed by atoms with Gasteiger partial charge in [0.15, 0.2) is 5.13 Å². The third-order valence-corrected chi connectivity index (χ3v) is 6.26. The van der Waals surface area contributed by atoms with E-state index in [2.05, 4.69) is 9.88 Å². The molecule has 6 nitrogen and oxygen atoms in total. The SMILES string of the molecule is COc1ccc2sc(N(CCN(C)C)C(=O)c3ccc4ncsc4c3)nc2c1.Cl. The topological polar surface area (TPSA) is 58.6 Å². The molecule has 29 heavy (non-hydrogen) atoms. The summed E-state index contributed by atoms with van der Waals surface area (Å²) in [5.74, 6) is 0.703. The number of rotatable bonds is 6. The largest absolute Gasteiger partial charge is 0.497 e. The molecule has 2 aromatic heterocycles. The summed E-state index contributed by atoms with van der Waals surface area (Å²) < 4.78 is 7.32. The standard InChI is InChI=1S/C20H20N4O2S2.ClH/c1-23(2)8-9-24(19(25)13-4-6-15-18(10-13)27-12-21-15)20-22-16-11-14(26-3)5-7-17(16)28-20;/h4-7,10-12H,8-9H2,1-3H3;1H. The molecular formula is C20H21ClN4O2S2. The quantitative estimate of drug-likeness (QED) is 0.433. The van der Waals surface area contributed by atoms with Crippen molar-refractivity contribution in [3.63, 3.8) is 0 Å². The zero-order chi connectivity index (χ0) is 19.7. The van der Waals surface area contributed by atoms with E-state index in [0.717, 1.165) is 32.7 Å². The van der Waals surface area contributed by atoms with Crippen LogP contribution in [-0.4, -0.2) is 55.1 Å². The zero-order valence-electron chi connectivity index (χ0n) is 16.3. The minimum Gasteiger partial charge on any atom is -0.497 e. The molecule has 0 aliphatic heterocycles. The number of halogens is 1. The first kappa shape index (κ1) is 21.4. The number of ether oxygens (including phenoxy) is 1. The second-order valence-corrected chi connectivity index (χ2v) is 8.52. The molecule has 0 fully saturated rings. The summed E-state index contributed by atoms with van der Waals surface area (Å²) in [5, 5.41) is 0.694. The Bertz CT molecular complexity index is 1140. The summed E-state index contributed by atoms with van der Waals surface area (Å²) in [4.78, 5) is 26.2. The van der Waals surface area contributed by atoms with Gasteiger partial charge in [0.1, 0.15) is 5.75 Å². The fourth-order valence-corrected chi connectivity index (χ4v) is 4.55. The van der Waals surface area contributed by atoms with Gasteiger partial charge in [0.2, 0.25) is 0 Å². The molecule has 0 aliphatic rings. The van der Waals surface area contributed by atoms with Gasteiger partial charge in [0, 0.05) is 24.7 Å². The molecule has 2 aromatic carbocycles. The molecule has 0 aliphatic carbocycles. The second-order valence-electron chi connectivity index (χ2n) is 6.63. The first-order chi connectivity index (χ1) is 13.5. The van der Waals surface area contributed by atoms with Crippen LogP contribution >= 0.6 is 35.1 Å². The Hall–Kier alpha value is -2.26. The summed E-state index contributed by atoms with van der Waals surface area (Å²) >= 11 is 3.05. The van der Waals surface area contributed by atoms with Gasteiger partial charge < -0.3 is 9.64 Å². The number of anilines is 1. The lowest BCUT2D eigenvalue weighted by atomic mass is 10.2. The van der Waals surface area contributed by atoms with Crippen molar-refractivity contribution >= 4 is 66.6 Å². The van der Waals surface area contributed by atoms with Crippen molar-refractivity contribution < 1.29 is 9.53 Å². The van der Waals surface area contributed by atoms with Crippen LogP contribution in [0.1, 0.15) is 10.4 Å². The number of thiazole rings is 2. The summed E-state index contributed by atoms with van der Waals surface area (Å²) in [7, 11) is 5.63. The lowest BCUT2D eigenvalue weighted by Crippen LogP contribution is -2.36. The van der Waals surface area contributed by atoms with Gasteiger partial charge in [-0.3, -0.25) is 9.69 Å².